The molecular formula is C13H22N2O2. The Bertz CT molecular complexity index is 332. The van der Waals surface area contributed by atoms with E-state index in [9.17, 15) is 9.59 Å². The van der Waals surface area contributed by atoms with E-state index >= 15 is 0 Å². The quantitative estimate of drug-likeness (QED) is 0.703. The van der Waals surface area contributed by atoms with Crippen LogP contribution < -0.4 is 0 Å². The smallest absolute Gasteiger partial charge is 0.321 e. The molecule has 0 aromatic rings. The molecule has 1 saturated carbocycles. The van der Waals surface area contributed by atoms with E-state index in [1.54, 1.807) is 0 Å². The molecule has 0 atom stereocenters. The number of nitrogens with zero attached hydrogens (tertiary/aromatic N) is 2. The fraction of sp³-hybridized carbons (Fsp3) is 0.846. The first-order chi connectivity index (χ1) is 7.98. The first-order valence-corrected chi connectivity index (χ1v) is 6.58. The fourth-order valence-electron chi connectivity index (χ4n) is 3.19. The van der Waals surface area contributed by atoms with E-state index < -0.39 is 0 Å². The number of hydrogen-bond donors (Lipinski definition) is 0. The lowest BCUT2D eigenvalue weighted by atomic mass is 9.76. The van der Waals surface area contributed by atoms with Gasteiger partial charge in [0.15, 0.2) is 0 Å². The van der Waals surface area contributed by atoms with Crippen LogP contribution in [0.5, 0.6) is 0 Å². The molecule has 0 radical (unpaired) electrons. The molecule has 1 aliphatic heterocycles. The first-order valence-electron chi connectivity index (χ1n) is 6.58. The largest absolute Gasteiger partial charge is 0.327 e. The predicted molar refractivity (Wildman–Crippen MR) is 65.6 cm³/mol. The van der Waals surface area contributed by atoms with Crippen molar-refractivity contribution in [3.05, 3.63) is 0 Å². The van der Waals surface area contributed by atoms with E-state index in [0.29, 0.717) is 6.42 Å². The Labute approximate surface area is 103 Å². The summed E-state index contributed by atoms with van der Waals surface area (Å²) < 4.78 is 0. The molecule has 4 nitrogen and oxygen atoms in total. The first kappa shape index (κ1) is 12.4. The van der Waals surface area contributed by atoms with E-state index in [1.165, 1.54) is 11.3 Å². The molecule has 4 heteroatoms. The minimum Gasteiger partial charge on any atom is -0.321 e. The van der Waals surface area contributed by atoms with Crippen molar-refractivity contribution in [1.29, 1.82) is 0 Å². The van der Waals surface area contributed by atoms with Crippen molar-refractivity contribution in [3.8, 4) is 0 Å². The molecule has 1 aliphatic carbocycles. The van der Waals surface area contributed by atoms with E-state index in [4.69, 9.17) is 0 Å². The zero-order valence-corrected chi connectivity index (χ0v) is 11.0. The lowest BCUT2D eigenvalue weighted by molar-refractivity contribution is -0.138. The number of rotatable bonds is 1. The van der Waals surface area contributed by atoms with Crippen LogP contribution in [0.15, 0.2) is 0 Å². The summed E-state index contributed by atoms with van der Waals surface area (Å²) >= 11 is 0. The van der Waals surface area contributed by atoms with Crippen LogP contribution in [0, 0.1) is 0 Å². The van der Waals surface area contributed by atoms with Crippen molar-refractivity contribution in [2.75, 3.05) is 7.05 Å². The molecule has 2 aliphatic rings. The van der Waals surface area contributed by atoms with Crippen LogP contribution in [0.3, 0.4) is 0 Å². The second-order valence-corrected chi connectivity index (χ2v) is 5.66. The summed E-state index contributed by atoms with van der Waals surface area (Å²) in [6.07, 6.45) is 5.96. The third-order valence-corrected chi connectivity index (χ3v) is 4.25. The topological polar surface area (TPSA) is 40.6 Å². The number of carbonyl (C=O) groups is 2. The molecular weight excluding hydrogens is 216 g/mol. The van der Waals surface area contributed by atoms with Crippen LogP contribution in [0.1, 0.15) is 52.4 Å². The monoisotopic (exact) mass is 238 g/mol. The summed E-state index contributed by atoms with van der Waals surface area (Å²) in [4.78, 5) is 27.7. The van der Waals surface area contributed by atoms with Crippen LogP contribution in [-0.2, 0) is 4.79 Å². The molecule has 0 unspecified atom stereocenters. The van der Waals surface area contributed by atoms with Gasteiger partial charge in [-0.2, -0.15) is 0 Å². The molecule has 2 fully saturated rings. The van der Waals surface area contributed by atoms with E-state index in [-0.39, 0.29) is 23.5 Å². The SMILES string of the molecule is CC(C)N1C(=O)CC2(CCCCC2)N(C)C1=O. The Morgan fingerprint density at radius 2 is 1.71 bits per heavy atom. The maximum atomic E-state index is 12.3. The summed E-state index contributed by atoms with van der Waals surface area (Å²) in [6.45, 7) is 3.78. The van der Waals surface area contributed by atoms with Gasteiger partial charge in [0.1, 0.15) is 0 Å². The van der Waals surface area contributed by atoms with Crippen molar-refractivity contribution in [2.24, 2.45) is 0 Å². The highest BCUT2D eigenvalue weighted by molar-refractivity contribution is 5.98. The maximum absolute atomic E-state index is 12.3. The summed E-state index contributed by atoms with van der Waals surface area (Å²) in [5.41, 5.74) is -0.183. The van der Waals surface area contributed by atoms with Gasteiger partial charge in [0.05, 0.1) is 12.0 Å². The molecule has 2 rings (SSSR count). The zero-order valence-electron chi connectivity index (χ0n) is 11.0. The Morgan fingerprint density at radius 3 is 2.24 bits per heavy atom. The molecule has 1 heterocycles. The lowest BCUT2D eigenvalue weighted by Gasteiger charge is -2.50. The molecule has 1 saturated heterocycles. The number of imide groups is 1. The summed E-state index contributed by atoms with van der Waals surface area (Å²) in [5, 5.41) is 0. The van der Waals surface area contributed by atoms with Crippen LogP contribution >= 0.6 is 0 Å². The van der Waals surface area contributed by atoms with Crippen molar-refractivity contribution in [3.63, 3.8) is 0 Å². The highest BCUT2D eigenvalue weighted by Gasteiger charge is 2.48. The minimum atomic E-state index is -0.183. The van der Waals surface area contributed by atoms with Crippen LogP contribution in [0.2, 0.25) is 0 Å². The van der Waals surface area contributed by atoms with Gasteiger partial charge in [0, 0.05) is 13.1 Å². The molecule has 0 N–H and O–H groups in total. The summed E-state index contributed by atoms with van der Waals surface area (Å²) in [6, 6.07) is -0.156. The van der Waals surface area contributed by atoms with E-state index in [1.807, 2.05) is 25.8 Å². The van der Waals surface area contributed by atoms with Crippen molar-refractivity contribution < 1.29 is 9.59 Å². The summed E-state index contributed by atoms with van der Waals surface area (Å²) in [7, 11) is 1.86. The number of urea groups is 1. The van der Waals surface area contributed by atoms with Crippen LogP contribution in [-0.4, -0.2) is 40.4 Å². The third-order valence-electron chi connectivity index (χ3n) is 4.25. The Morgan fingerprint density at radius 1 is 1.12 bits per heavy atom. The average Bonchev–Trinajstić information content (AvgIpc) is 2.27. The lowest BCUT2D eigenvalue weighted by Crippen LogP contribution is -2.64. The van der Waals surface area contributed by atoms with Crippen molar-refractivity contribution >= 4 is 11.9 Å². The van der Waals surface area contributed by atoms with Gasteiger partial charge in [-0.25, -0.2) is 4.79 Å². The van der Waals surface area contributed by atoms with Crippen LogP contribution in [0.25, 0.3) is 0 Å². The standard InChI is InChI=1S/C13H22N2O2/c1-10(2)15-11(16)9-13(14(3)12(15)17)7-5-4-6-8-13/h10H,4-9H2,1-3H3. The van der Waals surface area contributed by atoms with E-state index in [2.05, 4.69) is 0 Å². The molecule has 3 amide bonds. The molecule has 0 bridgehead atoms. The Balaban J connectivity index is 2.25. The van der Waals surface area contributed by atoms with E-state index in [0.717, 1.165) is 25.7 Å². The number of carbonyl (C=O) groups excluding carboxylic acids is 2. The second kappa shape index (κ2) is 4.31. The van der Waals surface area contributed by atoms with Crippen LogP contribution in [0.4, 0.5) is 4.79 Å². The Kier molecular flexibility index (Phi) is 3.15. The zero-order chi connectivity index (χ0) is 12.6. The van der Waals surface area contributed by atoms with Gasteiger partial charge in [-0.1, -0.05) is 19.3 Å². The van der Waals surface area contributed by atoms with Crippen molar-refractivity contribution in [2.45, 2.75) is 64.0 Å². The average molecular weight is 238 g/mol. The number of amides is 3. The van der Waals surface area contributed by atoms with Gasteiger partial charge < -0.3 is 4.90 Å². The number of hydrogen-bond acceptors (Lipinski definition) is 2. The minimum absolute atomic E-state index is 0.00463. The second-order valence-electron chi connectivity index (χ2n) is 5.66. The molecule has 0 aromatic carbocycles. The predicted octanol–water partition coefficient (Wildman–Crippen LogP) is 2.38. The molecule has 96 valence electrons. The molecule has 0 aromatic heterocycles. The molecule has 17 heavy (non-hydrogen) atoms. The Hall–Kier alpha value is -1.06. The van der Waals surface area contributed by atoms with Gasteiger partial charge in [0.25, 0.3) is 0 Å². The maximum Gasteiger partial charge on any atom is 0.327 e. The van der Waals surface area contributed by atoms with Gasteiger partial charge in [0.2, 0.25) is 5.91 Å². The van der Waals surface area contributed by atoms with Gasteiger partial charge >= 0.3 is 6.03 Å². The molecule has 1 spiro atoms. The van der Waals surface area contributed by atoms with Crippen molar-refractivity contribution in [1.82, 2.24) is 9.80 Å². The van der Waals surface area contributed by atoms with Gasteiger partial charge in [-0.15, -0.1) is 0 Å². The van der Waals surface area contributed by atoms with Gasteiger partial charge in [-0.05, 0) is 26.7 Å². The van der Waals surface area contributed by atoms with Gasteiger partial charge in [-0.3, -0.25) is 9.69 Å². The summed E-state index contributed by atoms with van der Waals surface area (Å²) in [5.74, 6) is 0.00463. The third kappa shape index (κ3) is 1.94. The fourth-order valence-corrected chi connectivity index (χ4v) is 3.19. The highest BCUT2D eigenvalue weighted by atomic mass is 16.2. The highest BCUT2D eigenvalue weighted by Crippen LogP contribution is 2.39. The normalized spacial score (nSPS) is 24.9.